The minimum absolute atomic E-state index is 0.160. The number of nitrogens with one attached hydrogen (secondary N) is 3. The number of benzene rings is 2. The molecule has 0 radical (unpaired) electrons. The molecule has 1 aliphatic rings. The van der Waals surface area contributed by atoms with Crippen LogP contribution in [0.4, 0.5) is 5.82 Å². The van der Waals surface area contributed by atoms with Gasteiger partial charge in [0.2, 0.25) is 0 Å². The minimum Gasteiger partial charge on any atom is -0.361 e. The van der Waals surface area contributed by atoms with Crippen molar-refractivity contribution in [3.05, 3.63) is 87.7 Å². The number of anilines is 1. The molecule has 6 rings (SSSR count). The van der Waals surface area contributed by atoms with Crippen LogP contribution >= 0.6 is 11.6 Å². The van der Waals surface area contributed by atoms with Gasteiger partial charge in [0.05, 0.1) is 33.6 Å². The Morgan fingerprint density at radius 3 is 2.73 bits per heavy atom. The molecule has 0 amide bonds. The normalized spacial score (nSPS) is 16.2. The topological polar surface area (TPSA) is 110 Å². The quantitative estimate of drug-likeness (QED) is 0.342. The summed E-state index contributed by atoms with van der Waals surface area (Å²) in [6.07, 6.45) is 1.50. The molecular formula is C24H20ClN7O. The Hall–Kier alpha value is -3.75. The van der Waals surface area contributed by atoms with Crippen LogP contribution in [0.5, 0.6) is 0 Å². The number of hydrogen-bond donors (Lipinski definition) is 3. The largest absolute Gasteiger partial charge is 0.361 e. The second kappa shape index (κ2) is 7.68. The standard InChI is InChI=1S/C24H20ClN7O/c1-13(29-22-20-21(17-11-26-17)30-31-23(20)28-12-27-22)18-10-14-6-5-9-16(25)19(14)24(33)32(18)15-7-3-2-4-8-15/h2-10,12-13,17,26H,11H2,1H3,(H2,27,28,29,30,31)/t13-,17?/m0/s1. The van der Waals surface area contributed by atoms with Crippen LogP contribution in [0.1, 0.15) is 30.4 Å². The second-order valence-corrected chi connectivity index (χ2v) is 8.54. The third-order valence-corrected chi connectivity index (χ3v) is 6.27. The SMILES string of the molecule is C[C@H](Nc1ncnc2[nH]nc(C3CN3)c12)c1cc2cccc(Cl)c2c(=O)n1-c1ccccc1. The first-order valence-corrected chi connectivity index (χ1v) is 11.1. The van der Waals surface area contributed by atoms with Crippen LogP contribution in [-0.4, -0.2) is 31.3 Å². The van der Waals surface area contributed by atoms with Gasteiger partial charge in [0.1, 0.15) is 12.1 Å². The molecule has 3 aromatic heterocycles. The molecule has 1 saturated heterocycles. The van der Waals surface area contributed by atoms with Crippen molar-refractivity contribution in [3.8, 4) is 5.69 Å². The van der Waals surface area contributed by atoms with Gasteiger partial charge >= 0.3 is 0 Å². The van der Waals surface area contributed by atoms with Gasteiger partial charge in [-0.3, -0.25) is 14.5 Å². The van der Waals surface area contributed by atoms with E-state index >= 15 is 0 Å². The van der Waals surface area contributed by atoms with Crippen LogP contribution in [0.15, 0.2) is 65.7 Å². The second-order valence-electron chi connectivity index (χ2n) is 8.13. The van der Waals surface area contributed by atoms with Crippen molar-refractivity contribution in [1.82, 2.24) is 30.0 Å². The Morgan fingerprint density at radius 2 is 1.94 bits per heavy atom. The molecule has 4 heterocycles. The molecule has 0 spiro atoms. The maximum Gasteiger partial charge on any atom is 0.264 e. The summed E-state index contributed by atoms with van der Waals surface area (Å²) in [5.41, 5.74) is 2.97. The summed E-state index contributed by atoms with van der Waals surface area (Å²) in [4.78, 5) is 22.5. The predicted octanol–water partition coefficient (Wildman–Crippen LogP) is 4.13. The zero-order valence-corrected chi connectivity index (χ0v) is 18.5. The molecule has 8 nitrogen and oxygen atoms in total. The van der Waals surface area contributed by atoms with Crippen LogP contribution < -0.4 is 16.2 Å². The van der Waals surface area contributed by atoms with E-state index in [2.05, 4.69) is 30.8 Å². The van der Waals surface area contributed by atoms with Gasteiger partial charge < -0.3 is 10.6 Å². The number of rotatable bonds is 5. The van der Waals surface area contributed by atoms with Crippen molar-refractivity contribution < 1.29 is 0 Å². The summed E-state index contributed by atoms with van der Waals surface area (Å²) in [7, 11) is 0. The summed E-state index contributed by atoms with van der Waals surface area (Å²) < 4.78 is 1.71. The molecule has 1 fully saturated rings. The molecule has 33 heavy (non-hydrogen) atoms. The molecule has 3 N–H and O–H groups in total. The molecular weight excluding hydrogens is 438 g/mol. The lowest BCUT2D eigenvalue weighted by Gasteiger charge is -2.22. The predicted molar refractivity (Wildman–Crippen MR) is 129 cm³/mol. The third kappa shape index (κ3) is 3.35. The lowest BCUT2D eigenvalue weighted by molar-refractivity contribution is 0.774. The summed E-state index contributed by atoms with van der Waals surface area (Å²) in [5, 5.41) is 16.8. The number of halogens is 1. The van der Waals surface area contributed by atoms with Gasteiger partial charge in [0.25, 0.3) is 5.56 Å². The molecule has 2 atom stereocenters. The van der Waals surface area contributed by atoms with E-state index in [1.807, 2.05) is 55.5 Å². The Bertz CT molecular complexity index is 1560. The highest BCUT2D eigenvalue weighted by Crippen LogP contribution is 2.33. The first-order valence-electron chi connectivity index (χ1n) is 10.7. The van der Waals surface area contributed by atoms with Crippen molar-refractivity contribution in [1.29, 1.82) is 0 Å². The van der Waals surface area contributed by atoms with E-state index < -0.39 is 0 Å². The van der Waals surface area contributed by atoms with E-state index in [0.717, 1.165) is 34.4 Å². The summed E-state index contributed by atoms with van der Waals surface area (Å²) in [6, 6.07) is 17.0. The molecule has 2 aromatic carbocycles. The number of hydrogen-bond acceptors (Lipinski definition) is 6. The van der Waals surface area contributed by atoms with Crippen molar-refractivity contribution in [3.63, 3.8) is 0 Å². The maximum atomic E-state index is 13.7. The summed E-state index contributed by atoms with van der Waals surface area (Å²) in [6.45, 7) is 2.89. The molecule has 1 unspecified atom stereocenters. The lowest BCUT2D eigenvalue weighted by Crippen LogP contribution is -2.25. The van der Waals surface area contributed by atoms with Gasteiger partial charge in [-0.1, -0.05) is 41.9 Å². The van der Waals surface area contributed by atoms with Gasteiger partial charge in [-0.25, -0.2) is 9.97 Å². The Morgan fingerprint density at radius 1 is 1.12 bits per heavy atom. The Kier molecular flexibility index (Phi) is 4.63. The number of fused-ring (bicyclic) bond motifs is 2. The number of pyridine rings is 1. The fourth-order valence-electron chi connectivity index (χ4n) is 4.28. The van der Waals surface area contributed by atoms with Gasteiger partial charge in [-0.05, 0) is 36.6 Å². The number of aromatic amines is 1. The molecule has 164 valence electrons. The number of H-pyrrole nitrogens is 1. The van der Waals surface area contributed by atoms with Gasteiger partial charge in [0, 0.05) is 17.9 Å². The molecule has 9 heteroatoms. The van der Waals surface area contributed by atoms with Crippen molar-refractivity contribution >= 4 is 39.2 Å². The summed E-state index contributed by atoms with van der Waals surface area (Å²) in [5.74, 6) is 0.670. The molecule has 1 aliphatic heterocycles. The highest BCUT2D eigenvalue weighted by Gasteiger charge is 2.29. The van der Waals surface area contributed by atoms with Crippen molar-refractivity contribution in [2.45, 2.75) is 19.0 Å². The average Bonchev–Trinajstić information content (AvgIpc) is 3.58. The van der Waals surface area contributed by atoms with Crippen molar-refractivity contribution in [2.24, 2.45) is 0 Å². The average molecular weight is 458 g/mol. The van der Waals surface area contributed by atoms with Crippen molar-refractivity contribution in [2.75, 3.05) is 11.9 Å². The van der Waals surface area contributed by atoms with Gasteiger partial charge in [0.15, 0.2) is 5.65 Å². The molecule has 0 bridgehead atoms. The molecule has 0 aliphatic carbocycles. The maximum absolute atomic E-state index is 13.7. The summed E-state index contributed by atoms with van der Waals surface area (Å²) >= 11 is 6.43. The zero-order valence-electron chi connectivity index (χ0n) is 17.7. The number of aromatic nitrogens is 5. The van der Waals surface area contributed by atoms with Crippen LogP contribution in [-0.2, 0) is 0 Å². The van der Waals surface area contributed by atoms with E-state index in [9.17, 15) is 4.79 Å². The van der Waals surface area contributed by atoms with E-state index in [-0.39, 0.29) is 17.6 Å². The smallest absolute Gasteiger partial charge is 0.264 e. The molecule has 0 saturated carbocycles. The zero-order chi connectivity index (χ0) is 22.5. The highest BCUT2D eigenvalue weighted by molar-refractivity contribution is 6.35. The van der Waals surface area contributed by atoms with Crippen LogP contribution in [0, 0.1) is 0 Å². The van der Waals surface area contributed by atoms with E-state index in [1.165, 1.54) is 6.33 Å². The minimum atomic E-state index is -0.255. The molecule has 5 aromatic rings. The Labute approximate surface area is 193 Å². The highest BCUT2D eigenvalue weighted by atomic mass is 35.5. The van der Waals surface area contributed by atoms with Crippen LogP contribution in [0.2, 0.25) is 5.02 Å². The first-order chi connectivity index (χ1) is 16.1. The Balaban J connectivity index is 1.52. The van der Waals surface area contributed by atoms with E-state index in [1.54, 1.807) is 10.6 Å². The third-order valence-electron chi connectivity index (χ3n) is 5.96. The fourth-order valence-corrected chi connectivity index (χ4v) is 4.54. The van der Waals surface area contributed by atoms with Gasteiger partial charge in [-0.15, -0.1) is 0 Å². The van der Waals surface area contributed by atoms with E-state index in [0.29, 0.717) is 21.9 Å². The monoisotopic (exact) mass is 457 g/mol. The van der Waals surface area contributed by atoms with Gasteiger partial charge in [-0.2, -0.15) is 5.10 Å². The van der Waals surface area contributed by atoms with E-state index in [4.69, 9.17) is 11.6 Å². The number of nitrogens with zero attached hydrogens (tertiary/aromatic N) is 4. The number of para-hydroxylation sites is 1. The lowest BCUT2D eigenvalue weighted by atomic mass is 10.1. The van der Waals surface area contributed by atoms with Crippen LogP contribution in [0.3, 0.4) is 0 Å². The first kappa shape index (κ1) is 19.9. The van der Waals surface area contributed by atoms with Crippen LogP contribution in [0.25, 0.3) is 27.5 Å². The fraction of sp³-hybridized carbons (Fsp3) is 0.167.